The van der Waals surface area contributed by atoms with Crippen molar-refractivity contribution in [2.45, 2.75) is 31.8 Å². The third kappa shape index (κ3) is 2.49. The zero-order chi connectivity index (χ0) is 10.7. The Bertz CT molecular complexity index is 356. The van der Waals surface area contributed by atoms with Crippen LogP contribution in [-0.2, 0) is 0 Å². The number of hydrogen-bond donors (Lipinski definition) is 1. The Balaban J connectivity index is 2.07. The summed E-state index contributed by atoms with van der Waals surface area (Å²) in [5, 5.41) is 0. The van der Waals surface area contributed by atoms with E-state index in [0.717, 1.165) is 18.6 Å². The van der Waals surface area contributed by atoms with Crippen LogP contribution in [0.2, 0.25) is 0 Å². The van der Waals surface area contributed by atoms with Crippen LogP contribution in [0.4, 0.5) is 0 Å². The highest BCUT2D eigenvalue weighted by atomic mass is 16.5. The van der Waals surface area contributed by atoms with Crippen LogP contribution in [-0.4, -0.2) is 12.0 Å². The first-order valence-corrected chi connectivity index (χ1v) is 5.32. The average molecular weight is 205 g/mol. The first-order valence-electron chi connectivity index (χ1n) is 5.32. The molecule has 0 bridgehead atoms. The molecule has 1 saturated carbocycles. The van der Waals surface area contributed by atoms with Crippen molar-refractivity contribution in [3.63, 3.8) is 0 Å². The Morgan fingerprint density at radius 2 is 2.07 bits per heavy atom. The van der Waals surface area contributed by atoms with Gasteiger partial charge >= 0.3 is 0 Å². The molecule has 0 aliphatic heterocycles. The zero-order valence-electron chi connectivity index (χ0n) is 8.61. The van der Waals surface area contributed by atoms with Gasteiger partial charge in [0.05, 0.1) is 6.10 Å². The summed E-state index contributed by atoms with van der Waals surface area (Å²) >= 11 is 0. The molecule has 3 heteroatoms. The van der Waals surface area contributed by atoms with Gasteiger partial charge in [0, 0.05) is 5.56 Å². The van der Waals surface area contributed by atoms with Crippen molar-refractivity contribution in [1.29, 1.82) is 0 Å². The van der Waals surface area contributed by atoms with E-state index in [9.17, 15) is 4.79 Å². The fourth-order valence-electron chi connectivity index (χ4n) is 1.92. The molecular formula is C12H15NO2. The van der Waals surface area contributed by atoms with Gasteiger partial charge in [0.15, 0.2) is 0 Å². The maximum absolute atomic E-state index is 11.0. The minimum atomic E-state index is -0.410. The molecule has 1 aliphatic rings. The number of carbonyl (C=O) groups excluding carboxylic acids is 1. The SMILES string of the molecule is NC(=O)c1cccc(OC2CCCC2)c1. The molecule has 0 heterocycles. The van der Waals surface area contributed by atoms with Crippen molar-refractivity contribution in [2.75, 3.05) is 0 Å². The maximum Gasteiger partial charge on any atom is 0.248 e. The molecule has 15 heavy (non-hydrogen) atoms. The molecule has 0 atom stereocenters. The van der Waals surface area contributed by atoms with E-state index in [2.05, 4.69) is 0 Å². The molecule has 2 rings (SSSR count). The van der Waals surface area contributed by atoms with Gasteiger partial charge in [-0.1, -0.05) is 6.07 Å². The van der Waals surface area contributed by atoms with Crippen molar-refractivity contribution >= 4 is 5.91 Å². The predicted molar refractivity (Wildman–Crippen MR) is 57.8 cm³/mol. The lowest BCUT2D eigenvalue weighted by Gasteiger charge is -2.13. The lowest BCUT2D eigenvalue weighted by Crippen LogP contribution is -2.13. The second-order valence-electron chi connectivity index (χ2n) is 3.92. The Hall–Kier alpha value is -1.51. The first kappa shape index (κ1) is 10.0. The summed E-state index contributed by atoms with van der Waals surface area (Å²) < 4.78 is 5.76. The number of carbonyl (C=O) groups is 1. The monoisotopic (exact) mass is 205 g/mol. The van der Waals surface area contributed by atoms with E-state index in [0.29, 0.717) is 11.7 Å². The predicted octanol–water partition coefficient (Wildman–Crippen LogP) is 2.11. The number of primary amides is 1. The van der Waals surface area contributed by atoms with Gasteiger partial charge in [-0.05, 0) is 43.9 Å². The van der Waals surface area contributed by atoms with Crippen molar-refractivity contribution < 1.29 is 9.53 Å². The van der Waals surface area contributed by atoms with E-state index in [1.165, 1.54) is 12.8 Å². The molecule has 2 N–H and O–H groups in total. The second-order valence-corrected chi connectivity index (χ2v) is 3.92. The van der Waals surface area contributed by atoms with Crippen molar-refractivity contribution in [3.05, 3.63) is 29.8 Å². The smallest absolute Gasteiger partial charge is 0.248 e. The van der Waals surface area contributed by atoms with Crippen LogP contribution in [0.1, 0.15) is 36.0 Å². The number of benzene rings is 1. The average Bonchev–Trinajstić information content (AvgIpc) is 2.71. The van der Waals surface area contributed by atoms with Crippen LogP contribution in [0.15, 0.2) is 24.3 Å². The number of ether oxygens (including phenoxy) is 1. The second kappa shape index (κ2) is 4.34. The van der Waals surface area contributed by atoms with E-state index in [4.69, 9.17) is 10.5 Å². The third-order valence-corrected chi connectivity index (χ3v) is 2.72. The van der Waals surface area contributed by atoms with Crippen LogP contribution in [0.5, 0.6) is 5.75 Å². The van der Waals surface area contributed by atoms with E-state index in [-0.39, 0.29) is 0 Å². The number of amides is 1. The van der Waals surface area contributed by atoms with Crippen LogP contribution >= 0.6 is 0 Å². The van der Waals surface area contributed by atoms with Gasteiger partial charge in [0.25, 0.3) is 0 Å². The lowest BCUT2D eigenvalue weighted by atomic mass is 10.2. The fourth-order valence-corrected chi connectivity index (χ4v) is 1.92. The fraction of sp³-hybridized carbons (Fsp3) is 0.417. The largest absolute Gasteiger partial charge is 0.490 e. The summed E-state index contributed by atoms with van der Waals surface area (Å²) in [6.07, 6.45) is 5.01. The minimum Gasteiger partial charge on any atom is -0.490 e. The Morgan fingerprint density at radius 3 is 2.73 bits per heavy atom. The highest BCUT2D eigenvalue weighted by Gasteiger charge is 2.16. The Labute approximate surface area is 89.2 Å². The van der Waals surface area contributed by atoms with Gasteiger partial charge < -0.3 is 10.5 Å². The molecule has 1 aliphatic carbocycles. The Morgan fingerprint density at radius 1 is 1.33 bits per heavy atom. The van der Waals surface area contributed by atoms with Gasteiger partial charge in [-0.3, -0.25) is 4.79 Å². The van der Waals surface area contributed by atoms with Crippen LogP contribution in [0.3, 0.4) is 0 Å². The first-order chi connectivity index (χ1) is 7.25. The minimum absolute atomic E-state index is 0.313. The number of hydrogen-bond acceptors (Lipinski definition) is 2. The third-order valence-electron chi connectivity index (χ3n) is 2.72. The summed E-state index contributed by atoms with van der Waals surface area (Å²) in [5.74, 6) is 0.338. The van der Waals surface area contributed by atoms with E-state index < -0.39 is 5.91 Å². The normalized spacial score (nSPS) is 16.5. The summed E-state index contributed by atoms with van der Waals surface area (Å²) in [5.41, 5.74) is 5.70. The van der Waals surface area contributed by atoms with Gasteiger partial charge in [-0.15, -0.1) is 0 Å². The van der Waals surface area contributed by atoms with Crippen LogP contribution in [0.25, 0.3) is 0 Å². The highest BCUT2D eigenvalue weighted by Crippen LogP contribution is 2.24. The molecule has 1 fully saturated rings. The van der Waals surface area contributed by atoms with Gasteiger partial charge in [0.2, 0.25) is 5.91 Å². The van der Waals surface area contributed by atoms with Crippen molar-refractivity contribution in [2.24, 2.45) is 5.73 Å². The molecule has 0 saturated heterocycles. The highest BCUT2D eigenvalue weighted by molar-refractivity contribution is 5.93. The maximum atomic E-state index is 11.0. The summed E-state index contributed by atoms with van der Waals surface area (Å²) in [6.45, 7) is 0. The topological polar surface area (TPSA) is 52.3 Å². The molecule has 3 nitrogen and oxygen atoms in total. The van der Waals surface area contributed by atoms with Crippen LogP contribution in [0, 0.1) is 0 Å². The standard InChI is InChI=1S/C12H15NO2/c13-12(14)9-4-3-7-11(8-9)15-10-5-1-2-6-10/h3-4,7-8,10H,1-2,5-6H2,(H2,13,14). The van der Waals surface area contributed by atoms with Crippen LogP contribution < -0.4 is 10.5 Å². The lowest BCUT2D eigenvalue weighted by molar-refractivity contribution is 0.0999. The van der Waals surface area contributed by atoms with Gasteiger partial charge in [-0.2, -0.15) is 0 Å². The molecule has 0 spiro atoms. The summed E-state index contributed by atoms with van der Waals surface area (Å²) in [4.78, 5) is 11.0. The van der Waals surface area contributed by atoms with E-state index in [1.807, 2.05) is 6.07 Å². The van der Waals surface area contributed by atoms with Gasteiger partial charge in [-0.25, -0.2) is 0 Å². The summed E-state index contributed by atoms with van der Waals surface area (Å²) in [6, 6.07) is 7.07. The zero-order valence-corrected chi connectivity index (χ0v) is 8.61. The molecule has 1 amide bonds. The number of nitrogens with two attached hydrogens (primary N) is 1. The molecule has 0 aromatic heterocycles. The molecular weight excluding hydrogens is 190 g/mol. The molecule has 1 aromatic carbocycles. The van der Waals surface area contributed by atoms with E-state index >= 15 is 0 Å². The number of rotatable bonds is 3. The van der Waals surface area contributed by atoms with E-state index in [1.54, 1.807) is 18.2 Å². The Kier molecular flexibility index (Phi) is 2.90. The molecule has 0 radical (unpaired) electrons. The quantitative estimate of drug-likeness (QED) is 0.821. The van der Waals surface area contributed by atoms with Crippen molar-refractivity contribution in [1.82, 2.24) is 0 Å². The van der Waals surface area contributed by atoms with Crippen molar-refractivity contribution in [3.8, 4) is 5.75 Å². The van der Waals surface area contributed by atoms with Gasteiger partial charge in [0.1, 0.15) is 5.75 Å². The summed E-state index contributed by atoms with van der Waals surface area (Å²) in [7, 11) is 0. The molecule has 80 valence electrons. The molecule has 1 aromatic rings. The molecule has 0 unspecified atom stereocenters.